The van der Waals surface area contributed by atoms with E-state index in [4.69, 9.17) is 10.5 Å². The summed E-state index contributed by atoms with van der Waals surface area (Å²) in [5.74, 6) is -0.884. The number of benzene rings is 2. The normalized spacial score (nSPS) is 18.9. The predicted molar refractivity (Wildman–Crippen MR) is 145 cm³/mol. The van der Waals surface area contributed by atoms with E-state index in [1.165, 1.54) is 52.7 Å². The van der Waals surface area contributed by atoms with E-state index >= 15 is 0 Å². The van der Waals surface area contributed by atoms with Gasteiger partial charge in [0.05, 0.1) is 11.1 Å². The van der Waals surface area contributed by atoms with Gasteiger partial charge in [-0.05, 0) is 28.8 Å². The van der Waals surface area contributed by atoms with Gasteiger partial charge in [-0.2, -0.15) is 10.3 Å². The van der Waals surface area contributed by atoms with Crippen molar-refractivity contribution in [2.45, 2.75) is 29.1 Å². The number of nitrogens with zero attached hydrogens (tertiary/aromatic N) is 4. The standard InChI is InChI=1S/C25H23N7O6S2/c26-19(15-4-2-1-3-5-15)22(33)28-20-23(34)31-21(16(13-40-24(20)31)12-39-18-10-27-30-29-18)25(35)38-11-14-6-8-17(9-7-14)32(36)37/h1-10,19-20,24H,11-13,26H2,(H,28,33)(H,27,29,30)/t19-,20?,24-/m1/s1. The molecule has 2 aromatic carbocycles. The number of amides is 2. The molecule has 2 amide bonds. The van der Waals surface area contributed by atoms with Crippen LogP contribution in [0.2, 0.25) is 0 Å². The van der Waals surface area contributed by atoms with Gasteiger partial charge in [0.25, 0.3) is 11.6 Å². The van der Waals surface area contributed by atoms with Crippen molar-refractivity contribution in [2.75, 3.05) is 11.5 Å². The van der Waals surface area contributed by atoms with Crippen LogP contribution in [0.1, 0.15) is 17.2 Å². The third-order valence-electron chi connectivity index (χ3n) is 6.28. The Bertz CT molecular complexity index is 1450. The fraction of sp³-hybridized carbons (Fsp3) is 0.240. The van der Waals surface area contributed by atoms with Crippen LogP contribution in [0.4, 0.5) is 5.69 Å². The number of aromatic amines is 1. The molecular weight excluding hydrogens is 558 g/mol. The van der Waals surface area contributed by atoms with Gasteiger partial charge in [0.2, 0.25) is 5.91 Å². The maximum atomic E-state index is 13.3. The van der Waals surface area contributed by atoms with Crippen molar-refractivity contribution in [3.63, 3.8) is 0 Å². The zero-order valence-corrected chi connectivity index (χ0v) is 22.4. The van der Waals surface area contributed by atoms with Gasteiger partial charge < -0.3 is 15.8 Å². The van der Waals surface area contributed by atoms with Crippen molar-refractivity contribution in [3.8, 4) is 0 Å². The average molecular weight is 582 g/mol. The van der Waals surface area contributed by atoms with E-state index in [0.717, 1.165) is 0 Å². The molecule has 4 N–H and O–H groups in total. The number of hydrogen-bond acceptors (Lipinski definition) is 11. The number of ether oxygens (including phenoxy) is 1. The van der Waals surface area contributed by atoms with E-state index in [1.807, 2.05) is 6.07 Å². The Labute approximate surface area is 236 Å². The van der Waals surface area contributed by atoms with Crippen LogP contribution in [0.3, 0.4) is 0 Å². The second-order valence-electron chi connectivity index (χ2n) is 8.83. The van der Waals surface area contributed by atoms with Crippen molar-refractivity contribution in [1.82, 2.24) is 25.6 Å². The van der Waals surface area contributed by atoms with Crippen LogP contribution in [-0.4, -0.2) is 65.9 Å². The molecule has 3 heterocycles. The molecule has 0 bridgehead atoms. The summed E-state index contributed by atoms with van der Waals surface area (Å²) >= 11 is 2.77. The van der Waals surface area contributed by atoms with Crippen molar-refractivity contribution >= 4 is 47.0 Å². The van der Waals surface area contributed by atoms with Crippen molar-refractivity contribution < 1.29 is 24.0 Å². The Hall–Kier alpha value is -4.21. The maximum Gasteiger partial charge on any atom is 0.355 e. The second kappa shape index (κ2) is 11.9. The molecule has 2 aliphatic rings. The number of H-pyrrole nitrogens is 1. The molecule has 0 aliphatic carbocycles. The molecule has 0 radical (unpaired) electrons. The number of nitrogens with two attached hydrogens (primary N) is 1. The van der Waals surface area contributed by atoms with E-state index in [-0.39, 0.29) is 18.0 Å². The quantitative estimate of drug-likeness (QED) is 0.104. The number of β-lactam (4-membered cyclic amide) rings is 1. The maximum absolute atomic E-state index is 13.3. The topological polar surface area (TPSA) is 186 Å². The van der Waals surface area contributed by atoms with Crippen LogP contribution in [0.15, 0.2) is 77.1 Å². The molecule has 0 saturated carbocycles. The number of nitro groups is 1. The van der Waals surface area contributed by atoms with Crippen molar-refractivity contribution in [2.24, 2.45) is 5.73 Å². The monoisotopic (exact) mass is 581 g/mol. The molecule has 1 saturated heterocycles. The largest absolute Gasteiger partial charge is 0.456 e. The molecule has 3 aromatic rings. The molecule has 5 rings (SSSR count). The van der Waals surface area contributed by atoms with Crippen LogP contribution in [0, 0.1) is 10.1 Å². The molecule has 1 aromatic heterocycles. The Morgan fingerprint density at radius 2 is 2.00 bits per heavy atom. The molecule has 1 unspecified atom stereocenters. The fourth-order valence-corrected chi connectivity index (χ4v) is 6.46. The highest BCUT2D eigenvalue weighted by atomic mass is 32.2. The van der Waals surface area contributed by atoms with E-state index in [2.05, 4.69) is 20.7 Å². The summed E-state index contributed by atoms with van der Waals surface area (Å²) in [4.78, 5) is 51.2. The molecule has 0 spiro atoms. The Morgan fingerprint density at radius 1 is 1.25 bits per heavy atom. The first-order valence-electron chi connectivity index (χ1n) is 12.0. The number of aromatic nitrogens is 3. The SMILES string of the molecule is N[C@@H](C(=O)NC1C(=O)N2C(C(=O)OCc3ccc([N+](=O)[O-])cc3)=C(CSc3cn[nH]n3)CS[C@H]12)c1ccccc1. The highest BCUT2D eigenvalue weighted by molar-refractivity contribution is 8.01. The smallest absolute Gasteiger partial charge is 0.355 e. The van der Waals surface area contributed by atoms with E-state index < -0.39 is 40.2 Å². The average Bonchev–Trinajstić information content (AvgIpc) is 3.51. The number of nitrogens with one attached hydrogen (secondary N) is 2. The molecule has 1 fully saturated rings. The van der Waals surface area contributed by atoms with E-state index in [1.54, 1.807) is 30.5 Å². The number of rotatable bonds is 10. The Morgan fingerprint density at radius 3 is 2.67 bits per heavy atom. The summed E-state index contributed by atoms with van der Waals surface area (Å²) in [6.45, 7) is -0.143. The molecular formula is C25H23N7O6S2. The van der Waals surface area contributed by atoms with Crippen LogP contribution in [-0.2, 0) is 25.7 Å². The van der Waals surface area contributed by atoms with Crippen molar-refractivity contribution in [3.05, 3.63) is 93.3 Å². The van der Waals surface area contributed by atoms with Crippen molar-refractivity contribution in [1.29, 1.82) is 0 Å². The minimum Gasteiger partial charge on any atom is -0.456 e. The third-order valence-corrected chi connectivity index (χ3v) is 8.61. The summed E-state index contributed by atoms with van der Waals surface area (Å²) in [5, 5.41) is 24.1. The summed E-state index contributed by atoms with van der Waals surface area (Å²) in [6.07, 6.45) is 1.55. The minimum absolute atomic E-state index is 0.0802. The molecule has 40 heavy (non-hydrogen) atoms. The summed E-state index contributed by atoms with van der Waals surface area (Å²) in [6, 6.07) is 12.7. The zero-order valence-electron chi connectivity index (χ0n) is 20.8. The highest BCUT2D eigenvalue weighted by Crippen LogP contribution is 2.42. The van der Waals surface area contributed by atoms with Gasteiger partial charge in [-0.1, -0.05) is 42.1 Å². The number of esters is 1. The number of nitro benzene ring substituents is 1. The van der Waals surface area contributed by atoms with E-state index in [0.29, 0.717) is 33.2 Å². The highest BCUT2D eigenvalue weighted by Gasteiger charge is 2.54. The minimum atomic E-state index is -0.951. The number of fused-ring (bicyclic) bond motifs is 1. The van der Waals surface area contributed by atoms with Gasteiger partial charge in [-0.3, -0.25) is 24.6 Å². The number of carbonyl (C=O) groups excluding carboxylic acids is 3. The van der Waals surface area contributed by atoms with E-state index in [9.17, 15) is 24.5 Å². The lowest BCUT2D eigenvalue weighted by Crippen LogP contribution is -2.71. The Kier molecular flexibility index (Phi) is 8.14. The fourth-order valence-electron chi connectivity index (χ4n) is 4.19. The molecule has 13 nitrogen and oxygen atoms in total. The van der Waals surface area contributed by atoms with Crippen LogP contribution < -0.4 is 11.1 Å². The number of non-ortho nitro benzene ring substituents is 1. The zero-order chi connectivity index (χ0) is 28.2. The number of carbonyl (C=O) groups is 3. The van der Waals surface area contributed by atoms with Gasteiger partial charge in [0, 0.05) is 23.6 Å². The third kappa shape index (κ3) is 5.71. The molecule has 206 valence electrons. The lowest BCUT2D eigenvalue weighted by molar-refractivity contribution is -0.384. The van der Waals surface area contributed by atoms with Gasteiger partial charge in [0.1, 0.15) is 34.8 Å². The summed E-state index contributed by atoms with van der Waals surface area (Å²) in [7, 11) is 0. The first kappa shape index (κ1) is 27.4. The predicted octanol–water partition coefficient (Wildman–Crippen LogP) is 1.90. The first-order valence-corrected chi connectivity index (χ1v) is 14.0. The van der Waals surface area contributed by atoms with Crippen LogP contribution >= 0.6 is 23.5 Å². The first-order chi connectivity index (χ1) is 19.3. The van der Waals surface area contributed by atoms with Gasteiger partial charge in [-0.25, -0.2) is 4.79 Å². The molecule has 2 aliphatic heterocycles. The lowest BCUT2D eigenvalue weighted by Gasteiger charge is -2.49. The van der Waals surface area contributed by atoms with Crippen LogP contribution in [0.5, 0.6) is 0 Å². The van der Waals surface area contributed by atoms with Gasteiger partial charge >= 0.3 is 5.97 Å². The van der Waals surface area contributed by atoms with Gasteiger partial charge in [-0.15, -0.1) is 16.9 Å². The van der Waals surface area contributed by atoms with Gasteiger partial charge in [0.15, 0.2) is 0 Å². The lowest BCUT2D eigenvalue weighted by atomic mass is 10.0. The summed E-state index contributed by atoms with van der Waals surface area (Å²) in [5.41, 5.74) is 7.97. The summed E-state index contributed by atoms with van der Waals surface area (Å²) < 4.78 is 5.53. The Balaban J connectivity index is 1.31. The number of thioether (sulfide) groups is 2. The number of hydrogen-bond donors (Lipinski definition) is 3. The molecule has 15 heteroatoms. The molecule has 3 atom stereocenters. The second-order valence-corrected chi connectivity index (χ2v) is 10.9. The van der Waals surface area contributed by atoms with Crippen LogP contribution in [0.25, 0.3) is 0 Å².